The summed E-state index contributed by atoms with van der Waals surface area (Å²) in [5, 5.41) is 0. The van der Waals surface area contributed by atoms with E-state index in [2.05, 4.69) is 20.8 Å². The molecule has 4 heteroatoms. The Morgan fingerprint density at radius 1 is 1.22 bits per heavy atom. The molecule has 2 rings (SSSR count). The quantitative estimate of drug-likeness (QED) is 0.790. The molecular weight excluding hydrogens is 310 g/mol. The zero-order chi connectivity index (χ0) is 12.8. The summed E-state index contributed by atoms with van der Waals surface area (Å²) < 4.78 is 1.02. The molecule has 18 heavy (non-hydrogen) atoms. The third kappa shape index (κ3) is 4.41. The van der Waals surface area contributed by atoms with Gasteiger partial charge in [0.2, 0.25) is 0 Å². The lowest BCUT2D eigenvalue weighted by atomic mass is 10.1. The Labute approximate surface area is 121 Å². The first-order valence-electron chi connectivity index (χ1n) is 6.34. The van der Waals surface area contributed by atoms with Crippen LogP contribution in [0.5, 0.6) is 0 Å². The van der Waals surface area contributed by atoms with Gasteiger partial charge in [-0.3, -0.25) is 4.79 Å². The Hall–Kier alpha value is -0.320. The standard InChI is InChI=1S/C14H18BrNOS/c15-13-4-2-12(3-5-13)14(17)6-8-16-7-1-10-18-11-9-16/h2-5H,1,6-11H2. The summed E-state index contributed by atoms with van der Waals surface area (Å²) in [7, 11) is 0. The normalized spacial score (nSPS) is 17.4. The molecule has 0 bridgehead atoms. The van der Waals surface area contributed by atoms with Gasteiger partial charge in [-0.15, -0.1) is 0 Å². The number of ketones is 1. The van der Waals surface area contributed by atoms with E-state index < -0.39 is 0 Å². The first kappa shape index (κ1) is 14.1. The number of hydrogen-bond acceptors (Lipinski definition) is 3. The molecule has 0 amide bonds. The van der Waals surface area contributed by atoms with Crippen molar-refractivity contribution in [2.24, 2.45) is 0 Å². The lowest BCUT2D eigenvalue weighted by Crippen LogP contribution is -2.28. The van der Waals surface area contributed by atoms with Crippen molar-refractivity contribution in [3.05, 3.63) is 34.3 Å². The Morgan fingerprint density at radius 2 is 2.00 bits per heavy atom. The van der Waals surface area contributed by atoms with Gasteiger partial charge in [-0.25, -0.2) is 0 Å². The number of Topliss-reactive ketones (excluding diaryl/α,β-unsaturated/α-hetero) is 1. The molecule has 0 aliphatic carbocycles. The Kier molecular flexibility index (Phi) is 5.73. The molecule has 0 aromatic heterocycles. The van der Waals surface area contributed by atoms with Crippen LogP contribution in [0.25, 0.3) is 0 Å². The van der Waals surface area contributed by atoms with Crippen LogP contribution in [0.1, 0.15) is 23.2 Å². The van der Waals surface area contributed by atoms with Crippen molar-refractivity contribution in [1.29, 1.82) is 0 Å². The van der Waals surface area contributed by atoms with Crippen molar-refractivity contribution in [2.45, 2.75) is 12.8 Å². The van der Waals surface area contributed by atoms with Crippen molar-refractivity contribution < 1.29 is 4.79 Å². The van der Waals surface area contributed by atoms with Crippen LogP contribution in [0.3, 0.4) is 0 Å². The maximum atomic E-state index is 12.0. The number of benzene rings is 1. The minimum atomic E-state index is 0.249. The minimum absolute atomic E-state index is 0.249. The fraction of sp³-hybridized carbons (Fsp3) is 0.500. The van der Waals surface area contributed by atoms with Gasteiger partial charge in [0.15, 0.2) is 5.78 Å². The SMILES string of the molecule is O=C(CCN1CCCSCC1)c1ccc(Br)cc1. The summed E-state index contributed by atoms with van der Waals surface area (Å²) >= 11 is 5.40. The highest BCUT2D eigenvalue weighted by Gasteiger charge is 2.12. The van der Waals surface area contributed by atoms with Crippen molar-refractivity contribution in [1.82, 2.24) is 4.90 Å². The minimum Gasteiger partial charge on any atom is -0.302 e. The van der Waals surface area contributed by atoms with Gasteiger partial charge in [0.05, 0.1) is 0 Å². The van der Waals surface area contributed by atoms with E-state index in [1.54, 1.807) is 0 Å². The molecule has 1 heterocycles. The summed E-state index contributed by atoms with van der Waals surface area (Å²) in [6, 6.07) is 7.64. The van der Waals surface area contributed by atoms with E-state index in [0.29, 0.717) is 6.42 Å². The van der Waals surface area contributed by atoms with Crippen LogP contribution in [0, 0.1) is 0 Å². The van der Waals surface area contributed by atoms with E-state index in [1.807, 2.05) is 36.0 Å². The highest BCUT2D eigenvalue weighted by atomic mass is 79.9. The highest BCUT2D eigenvalue weighted by molar-refractivity contribution is 9.10. The summed E-state index contributed by atoms with van der Waals surface area (Å²) in [4.78, 5) is 14.5. The second-order valence-electron chi connectivity index (χ2n) is 4.49. The van der Waals surface area contributed by atoms with Crippen molar-refractivity contribution in [3.63, 3.8) is 0 Å². The van der Waals surface area contributed by atoms with Gasteiger partial charge in [0.25, 0.3) is 0 Å². The predicted molar refractivity (Wildman–Crippen MR) is 81.5 cm³/mol. The van der Waals surface area contributed by atoms with E-state index in [-0.39, 0.29) is 5.78 Å². The number of nitrogens with zero attached hydrogens (tertiary/aromatic N) is 1. The summed E-state index contributed by atoms with van der Waals surface area (Å²) in [5.74, 6) is 2.71. The largest absolute Gasteiger partial charge is 0.302 e. The Morgan fingerprint density at radius 3 is 2.78 bits per heavy atom. The number of halogens is 1. The van der Waals surface area contributed by atoms with Crippen LogP contribution in [0.15, 0.2) is 28.7 Å². The van der Waals surface area contributed by atoms with Crippen LogP contribution < -0.4 is 0 Å². The highest BCUT2D eigenvalue weighted by Crippen LogP contribution is 2.13. The molecule has 0 unspecified atom stereocenters. The monoisotopic (exact) mass is 327 g/mol. The molecule has 0 atom stereocenters. The van der Waals surface area contributed by atoms with Crippen molar-refractivity contribution in [2.75, 3.05) is 31.1 Å². The maximum absolute atomic E-state index is 12.0. The van der Waals surface area contributed by atoms with Crippen molar-refractivity contribution >= 4 is 33.5 Å². The number of thioether (sulfide) groups is 1. The first-order chi connectivity index (χ1) is 8.75. The van der Waals surface area contributed by atoms with E-state index >= 15 is 0 Å². The molecular formula is C14H18BrNOS. The maximum Gasteiger partial charge on any atom is 0.164 e. The third-order valence-corrected chi connectivity index (χ3v) is 4.71. The van der Waals surface area contributed by atoms with E-state index in [9.17, 15) is 4.79 Å². The molecule has 1 aromatic rings. The average molecular weight is 328 g/mol. The lowest BCUT2D eigenvalue weighted by Gasteiger charge is -2.18. The van der Waals surface area contributed by atoms with E-state index in [0.717, 1.165) is 29.7 Å². The molecule has 1 aromatic carbocycles. The molecule has 98 valence electrons. The number of hydrogen-bond donors (Lipinski definition) is 0. The van der Waals surface area contributed by atoms with Crippen molar-refractivity contribution in [3.8, 4) is 0 Å². The topological polar surface area (TPSA) is 20.3 Å². The van der Waals surface area contributed by atoms with Gasteiger partial charge in [0, 0.05) is 35.3 Å². The van der Waals surface area contributed by atoms with E-state index in [1.165, 1.54) is 17.9 Å². The van der Waals surface area contributed by atoms with E-state index in [4.69, 9.17) is 0 Å². The van der Waals surface area contributed by atoms with Crippen LogP contribution in [-0.4, -0.2) is 41.8 Å². The Bertz CT molecular complexity index is 385. The van der Waals surface area contributed by atoms with Crippen LogP contribution in [0.2, 0.25) is 0 Å². The second kappa shape index (κ2) is 7.31. The summed E-state index contributed by atoms with van der Waals surface area (Å²) in [6.45, 7) is 3.16. The predicted octanol–water partition coefficient (Wildman–Crippen LogP) is 3.46. The zero-order valence-corrected chi connectivity index (χ0v) is 12.8. The van der Waals surface area contributed by atoms with Gasteiger partial charge in [-0.1, -0.05) is 28.1 Å². The van der Waals surface area contributed by atoms with Crippen LogP contribution in [0.4, 0.5) is 0 Å². The van der Waals surface area contributed by atoms with Gasteiger partial charge in [-0.05, 0) is 30.9 Å². The lowest BCUT2D eigenvalue weighted by molar-refractivity contribution is 0.0966. The van der Waals surface area contributed by atoms with Crippen LogP contribution in [-0.2, 0) is 0 Å². The average Bonchev–Trinajstić information content (AvgIpc) is 2.65. The fourth-order valence-electron chi connectivity index (χ4n) is 2.06. The molecule has 2 nitrogen and oxygen atoms in total. The molecule has 1 saturated heterocycles. The Balaban J connectivity index is 1.82. The van der Waals surface area contributed by atoms with Gasteiger partial charge in [0.1, 0.15) is 0 Å². The molecule has 1 fully saturated rings. The smallest absolute Gasteiger partial charge is 0.164 e. The molecule has 0 spiro atoms. The van der Waals surface area contributed by atoms with Gasteiger partial charge < -0.3 is 4.90 Å². The molecule has 0 N–H and O–H groups in total. The number of carbonyl (C=O) groups excluding carboxylic acids is 1. The molecule has 0 radical (unpaired) electrons. The zero-order valence-electron chi connectivity index (χ0n) is 10.4. The number of carbonyl (C=O) groups is 1. The molecule has 0 saturated carbocycles. The first-order valence-corrected chi connectivity index (χ1v) is 8.29. The number of rotatable bonds is 4. The molecule has 1 aliphatic heterocycles. The summed E-state index contributed by atoms with van der Waals surface area (Å²) in [6.07, 6.45) is 1.88. The second-order valence-corrected chi connectivity index (χ2v) is 6.63. The molecule has 1 aliphatic rings. The van der Waals surface area contributed by atoms with Gasteiger partial charge >= 0.3 is 0 Å². The van der Waals surface area contributed by atoms with Gasteiger partial charge in [-0.2, -0.15) is 11.8 Å². The summed E-state index contributed by atoms with van der Waals surface area (Å²) in [5.41, 5.74) is 0.822. The third-order valence-electron chi connectivity index (χ3n) is 3.14. The fourth-order valence-corrected chi connectivity index (χ4v) is 3.25. The van der Waals surface area contributed by atoms with Crippen LogP contribution >= 0.6 is 27.7 Å².